The van der Waals surface area contributed by atoms with Crippen LogP contribution in [0.2, 0.25) is 0 Å². The third kappa shape index (κ3) is 5.72. The number of nitrogens with one attached hydrogen (secondary N) is 1. The SMILES string of the molecule is Cn1cc(CN2CCC(Nc3ncc4c(n3)CN(C(=O)OC(C)(C)C)CC4)CC2)cn1. The smallest absolute Gasteiger partial charge is 0.410 e. The highest BCUT2D eigenvalue weighted by Gasteiger charge is 2.27. The van der Waals surface area contributed by atoms with Gasteiger partial charge in [0.05, 0.1) is 18.4 Å². The summed E-state index contributed by atoms with van der Waals surface area (Å²) in [4.78, 5) is 25.9. The van der Waals surface area contributed by atoms with Gasteiger partial charge in [-0.05, 0) is 45.6 Å². The van der Waals surface area contributed by atoms with Crippen LogP contribution in [0.1, 0.15) is 50.4 Å². The van der Waals surface area contributed by atoms with Crippen molar-refractivity contribution in [1.82, 2.24) is 29.5 Å². The number of aryl methyl sites for hydroxylation is 1. The van der Waals surface area contributed by atoms with E-state index in [2.05, 4.69) is 26.5 Å². The number of carbonyl (C=O) groups excluding carboxylic acids is 1. The summed E-state index contributed by atoms with van der Waals surface area (Å²) in [6, 6.07) is 0.355. The summed E-state index contributed by atoms with van der Waals surface area (Å²) in [5.41, 5.74) is 2.77. The van der Waals surface area contributed by atoms with E-state index >= 15 is 0 Å². The van der Waals surface area contributed by atoms with E-state index in [-0.39, 0.29) is 6.09 Å². The van der Waals surface area contributed by atoms with Crippen molar-refractivity contribution < 1.29 is 9.53 Å². The molecule has 0 spiro atoms. The van der Waals surface area contributed by atoms with Crippen molar-refractivity contribution >= 4 is 12.0 Å². The second kappa shape index (κ2) is 8.82. The molecule has 168 valence electrons. The molecule has 1 amide bonds. The van der Waals surface area contributed by atoms with Crippen LogP contribution in [-0.4, -0.2) is 66.9 Å². The van der Waals surface area contributed by atoms with Gasteiger partial charge in [-0.25, -0.2) is 14.8 Å². The number of aromatic nitrogens is 4. The van der Waals surface area contributed by atoms with Crippen molar-refractivity contribution in [3.05, 3.63) is 35.4 Å². The molecule has 0 aliphatic carbocycles. The molecule has 2 aliphatic heterocycles. The van der Waals surface area contributed by atoms with Crippen LogP contribution >= 0.6 is 0 Å². The molecule has 1 fully saturated rings. The Kier molecular flexibility index (Phi) is 6.13. The molecule has 9 nitrogen and oxygen atoms in total. The average Bonchev–Trinajstić information content (AvgIpc) is 3.12. The first kappa shape index (κ1) is 21.5. The number of anilines is 1. The van der Waals surface area contributed by atoms with Gasteiger partial charge < -0.3 is 15.0 Å². The summed E-state index contributed by atoms with van der Waals surface area (Å²) in [5, 5.41) is 7.75. The molecule has 2 aliphatic rings. The molecular formula is C22H33N7O2. The Morgan fingerprint density at radius 2 is 2.00 bits per heavy atom. The second-order valence-electron chi connectivity index (χ2n) is 9.53. The van der Waals surface area contributed by atoms with Crippen molar-refractivity contribution in [2.45, 2.75) is 64.8 Å². The van der Waals surface area contributed by atoms with E-state index in [4.69, 9.17) is 9.72 Å². The van der Waals surface area contributed by atoms with Gasteiger partial charge in [-0.15, -0.1) is 0 Å². The van der Waals surface area contributed by atoms with E-state index in [1.807, 2.05) is 44.9 Å². The summed E-state index contributed by atoms with van der Waals surface area (Å²) >= 11 is 0. The molecular weight excluding hydrogens is 394 g/mol. The van der Waals surface area contributed by atoms with Crippen LogP contribution in [-0.2, 0) is 31.3 Å². The van der Waals surface area contributed by atoms with Gasteiger partial charge in [-0.3, -0.25) is 9.58 Å². The molecule has 0 unspecified atom stereocenters. The highest BCUT2D eigenvalue weighted by atomic mass is 16.6. The van der Waals surface area contributed by atoms with Gasteiger partial charge >= 0.3 is 6.09 Å². The maximum atomic E-state index is 12.4. The number of carbonyl (C=O) groups is 1. The van der Waals surface area contributed by atoms with Crippen LogP contribution in [0.15, 0.2) is 18.6 Å². The number of fused-ring (bicyclic) bond motifs is 1. The van der Waals surface area contributed by atoms with Crippen LogP contribution in [0.25, 0.3) is 0 Å². The standard InChI is InChI=1S/C22H33N7O2/c1-22(2,3)31-21(30)29-10-5-17-12-23-20(26-19(17)15-29)25-18-6-8-28(9-7-18)14-16-11-24-27(4)13-16/h11-13,18H,5-10,14-15H2,1-4H3,(H,23,25,26). The van der Waals surface area contributed by atoms with E-state index in [1.165, 1.54) is 5.56 Å². The lowest BCUT2D eigenvalue weighted by Gasteiger charge is -2.33. The molecule has 1 saturated heterocycles. The number of hydrogen-bond acceptors (Lipinski definition) is 7. The number of nitrogens with zero attached hydrogens (tertiary/aromatic N) is 6. The molecule has 4 rings (SSSR count). The van der Waals surface area contributed by atoms with E-state index in [0.717, 1.165) is 50.2 Å². The number of amides is 1. The van der Waals surface area contributed by atoms with Gasteiger partial charge in [0, 0.05) is 57.2 Å². The second-order valence-corrected chi connectivity index (χ2v) is 9.53. The first-order valence-electron chi connectivity index (χ1n) is 11.0. The quantitative estimate of drug-likeness (QED) is 0.802. The van der Waals surface area contributed by atoms with Crippen molar-refractivity contribution in [1.29, 1.82) is 0 Å². The van der Waals surface area contributed by atoms with Gasteiger partial charge in [0.25, 0.3) is 0 Å². The van der Waals surface area contributed by atoms with Crippen LogP contribution in [0, 0.1) is 0 Å². The first-order valence-corrected chi connectivity index (χ1v) is 11.0. The fourth-order valence-electron chi connectivity index (χ4n) is 4.08. The van der Waals surface area contributed by atoms with E-state index in [0.29, 0.717) is 25.1 Å². The highest BCUT2D eigenvalue weighted by Crippen LogP contribution is 2.22. The predicted molar refractivity (Wildman–Crippen MR) is 118 cm³/mol. The Hall–Kier alpha value is -2.68. The predicted octanol–water partition coefficient (Wildman–Crippen LogP) is 2.58. The number of ether oxygens (including phenoxy) is 1. The molecule has 0 aromatic carbocycles. The zero-order valence-corrected chi connectivity index (χ0v) is 19.0. The molecule has 31 heavy (non-hydrogen) atoms. The molecule has 2 aromatic rings. The minimum Gasteiger partial charge on any atom is -0.444 e. The maximum absolute atomic E-state index is 12.4. The van der Waals surface area contributed by atoms with Gasteiger partial charge in [0.2, 0.25) is 5.95 Å². The molecule has 9 heteroatoms. The molecule has 2 aromatic heterocycles. The third-order valence-electron chi connectivity index (χ3n) is 5.68. The fourth-order valence-corrected chi connectivity index (χ4v) is 4.08. The zero-order valence-electron chi connectivity index (χ0n) is 19.0. The van der Waals surface area contributed by atoms with Gasteiger partial charge in [0.15, 0.2) is 0 Å². The molecule has 0 saturated carbocycles. The first-order chi connectivity index (χ1) is 14.7. The molecule has 0 bridgehead atoms. The Morgan fingerprint density at radius 1 is 1.23 bits per heavy atom. The van der Waals surface area contributed by atoms with Crippen LogP contribution < -0.4 is 5.32 Å². The van der Waals surface area contributed by atoms with Crippen molar-refractivity contribution in [2.75, 3.05) is 25.0 Å². The average molecular weight is 428 g/mol. The van der Waals surface area contributed by atoms with Crippen LogP contribution in [0.3, 0.4) is 0 Å². The lowest BCUT2D eigenvalue weighted by atomic mass is 10.0. The molecule has 1 N–H and O–H groups in total. The van der Waals surface area contributed by atoms with Gasteiger partial charge in [-0.2, -0.15) is 5.10 Å². The molecule has 0 radical (unpaired) electrons. The van der Waals surface area contributed by atoms with E-state index in [1.54, 1.807) is 4.90 Å². The summed E-state index contributed by atoms with van der Waals surface area (Å²) in [7, 11) is 1.95. The number of piperidine rings is 1. The fraction of sp³-hybridized carbons (Fsp3) is 0.636. The summed E-state index contributed by atoms with van der Waals surface area (Å²) in [6.07, 6.45) is 8.47. The van der Waals surface area contributed by atoms with Crippen LogP contribution in [0.4, 0.5) is 10.7 Å². The van der Waals surface area contributed by atoms with E-state index in [9.17, 15) is 4.79 Å². The number of likely N-dealkylation sites (tertiary alicyclic amines) is 1. The van der Waals surface area contributed by atoms with Crippen molar-refractivity contribution in [3.63, 3.8) is 0 Å². The normalized spacial score (nSPS) is 18.0. The monoisotopic (exact) mass is 427 g/mol. The number of hydrogen-bond donors (Lipinski definition) is 1. The minimum absolute atomic E-state index is 0.285. The Labute approximate surface area is 183 Å². The van der Waals surface area contributed by atoms with Crippen molar-refractivity contribution in [2.24, 2.45) is 7.05 Å². The lowest BCUT2D eigenvalue weighted by Crippen LogP contribution is -2.41. The minimum atomic E-state index is -0.498. The van der Waals surface area contributed by atoms with Crippen LogP contribution in [0.5, 0.6) is 0 Å². The Balaban J connectivity index is 1.30. The Bertz CT molecular complexity index is 913. The summed E-state index contributed by atoms with van der Waals surface area (Å²) < 4.78 is 7.36. The highest BCUT2D eigenvalue weighted by molar-refractivity contribution is 5.68. The largest absolute Gasteiger partial charge is 0.444 e. The number of rotatable bonds is 4. The maximum Gasteiger partial charge on any atom is 0.410 e. The summed E-state index contributed by atoms with van der Waals surface area (Å²) in [5.74, 6) is 0.649. The van der Waals surface area contributed by atoms with Crippen molar-refractivity contribution in [3.8, 4) is 0 Å². The lowest BCUT2D eigenvalue weighted by molar-refractivity contribution is 0.0220. The van der Waals surface area contributed by atoms with Gasteiger partial charge in [-0.1, -0.05) is 0 Å². The molecule has 0 atom stereocenters. The molecule has 4 heterocycles. The van der Waals surface area contributed by atoms with E-state index < -0.39 is 5.60 Å². The third-order valence-corrected chi connectivity index (χ3v) is 5.68. The zero-order chi connectivity index (χ0) is 22.0. The summed E-state index contributed by atoms with van der Waals surface area (Å²) in [6.45, 7) is 9.75. The Morgan fingerprint density at radius 3 is 2.68 bits per heavy atom. The van der Waals surface area contributed by atoms with Gasteiger partial charge in [0.1, 0.15) is 5.60 Å². The topological polar surface area (TPSA) is 88.4 Å².